The molecule has 0 fully saturated rings. The van der Waals surface area contributed by atoms with Gasteiger partial charge >= 0.3 is 6.16 Å². The maximum absolute atomic E-state index is 10.4. The lowest BCUT2D eigenvalue weighted by Crippen LogP contribution is -2.02. The fourth-order valence-electron chi connectivity index (χ4n) is 1.42. The third-order valence-electron chi connectivity index (χ3n) is 2.10. The Morgan fingerprint density at radius 3 is 3.00 bits per heavy atom. The predicted molar refractivity (Wildman–Crippen MR) is 57.5 cm³/mol. The number of imidazole rings is 1. The Labute approximate surface area is 99.1 Å². The lowest BCUT2D eigenvalue weighted by molar-refractivity contribution is 0.144. The normalized spacial score (nSPS) is 10.7. The van der Waals surface area contributed by atoms with Crippen molar-refractivity contribution in [1.29, 1.82) is 0 Å². The highest BCUT2D eigenvalue weighted by Gasteiger charge is 2.09. The smallest absolute Gasteiger partial charge is 0.449 e. The molecule has 3 aromatic rings. The van der Waals surface area contributed by atoms with E-state index in [-0.39, 0.29) is 5.75 Å². The maximum atomic E-state index is 10.4. The Bertz CT molecular complexity index is 685. The largest absolute Gasteiger partial charge is 0.511 e. The van der Waals surface area contributed by atoms with Crippen LogP contribution in [0.4, 0.5) is 4.79 Å². The highest BCUT2D eigenvalue weighted by molar-refractivity contribution is 5.66. The Balaban J connectivity index is 1.98. The van der Waals surface area contributed by atoms with Gasteiger partial charge in [0.1, 0.15) is 0 Å². The minimum absolute atomic E-state index is 0.101. The molecule has 3 aromatic heterocycles. The average molecular weight is 246 g/mol. The van der Waals surface area contributed by atoms with E-state index in [1.807, 2.05) is 0 Å². The van der Waals surface area contributed by atoms with E-state index in [4.69, 9.17) is 5.11 Å². The molecule has 0 radical (unpaired) electrons. The SMILES string of the molecule is O=C(O)Oc1cnn(-c2nc3nccnc3[nH]2)c1. The molecule has 0 saturated carbocycles. The molecule has 0 aliphatic heterocycles. The van der Waals surface area contributed by atoms with Crippen LogP contribution < -0.4 is 4.74 Å². The second-order valence-electron chi connectivity index (χ2n) is 3.28. The zero-order valence-corrected chi connectivity index (χ0v) is 8.81. The topological polar surface area (TPSA) is 119 Å². The van der Waals surface area contributed by atoms with E-state index in [9.17, 15) is 4.79 Å². The molecule has 0 atom stereocenters. The van der Waals surface area contributed by atoms with Gasteiger partial charge in [-0.3, -0.25) is 0 Å². The number of nitrogens with one attached hydrogen (secondary N) is 1. The van der Waals surface area contributed by atoms with Crippen molar-refractivity contribution in [3.05, 3.63) is 24.8 Å². The molecule has 0 spiro atoms. The van der Waals surface area contributed by atoms with Crippen LogP contribution in [0.15, 0.2) is 24.8 Å². The van der Waals surface area contributed by atoms with Crippen molar-refractivity contribution in [2.24, 2.45) is 0 Å². The minimum atomic E-state index is -1.40. The first-order chi connectivity index (χ1) is 8.72. The van der Waals surface area contributed by atoms with E-state index < -0.39 is 6.16 Å². The molecule has 3 rings (SSSR count). The molecule has 0 bridgehead atoms. The molecule has 18 heavy (non-hydrogen) atoms. The average Bonchev–Trinajstić information content (AvgIpc) is 2.93. The van der Waals surface area contributed by atoms with Crippen LogP contribution in [0.25, 0.3) is 17.2 Å². The van der Waals surface area contributed by atoms with Crippen LogP contribution in [0.1, 0.15) is 0 Å². The van der Waals surface area contributed by atoms with Crippen LogP contribution in [0.3, 0.4) is 0 Å². The highest BCUT2D eigenvalue weighted by atomic mass is 16.7. The number of rotatable bonds is 2. The molecule has 0 unspecified atom stereocenters. The number of hydrogen-bond acceptors (Lipinski definition) is 6. The molecule has 2 N–H and O–H groups in total. The monoisotopic (exact) mass is 246 g/mol. The Morgan fingerprint density at radius 2 is 2.22 bits per heavy atom. The molecule has 0 aliphatic rings. The van der Waals surface area contributed by atoms with Crippen molar-refractivity contribution in [3.63, 3.8) is 0 Å². The quantitative estimate of drug-likeness (QED) is 0.635. The van der Waals surface area contributed by atoms with Gasteiger partial charge in [-0.15, -0.1) is 0 Å². The molecule has 9 heteroatoms. The van der Waals surface area contributed by atoms with E-state index in [1.54, 1.807) is 0 Å². The lowest BCUT2D eigenvalue weighted by atomic mass is 10.6. The first-order valence-corrected chi connectivity index (χ1v) is 4.85. The van der Waals surface area contributed by atoms with Gasteiger partial charge in [0.2, 0.25) is 5.95 Å². The third kappa shape index (κ3) is 1.73. The molecule has 9 nitrogen and oxygen atoms in total. The summed E-state index contributed by atoms with van der Waals surface area (Å²) >= 11 is 0. The van der Waals surface area contributed by atoms with Crippen molar-refractivity contribution in [2.75, 3.05) is 0 Å². The predicted octanol–water partition coefficient (Wildman–Crippen LogP) is 0.595. The summed E-state index contributed by atoms with van der Waals surface area (Å²) in [6, 6.07) is 0. The number of aromatic amines is 1. The van der Waals surface area contributed by atoms with Crippen molar-refractivity contribution in [3.8, 4) is 11.7 Å². The van der Waals surface area contributed by atoms with Crippen LogP contribution in [-0.4, -0.2) is 41.0 Å². The first kappa shape index (κ1) is 10.2. The second kappa shape index (κ2) is 3.80. The summed E-state index contributed by atoms with van der Waals surface area (Å²) in [6.07, 6.45) is 4.30. The fraction of sp³-hybridized carbons (Fsp3) is 0. The van der Waals surface area contributed by atoms with Gasteiger partial charge in [0.05, 0.1) is 12.4 Å². The van der Waals surface area contributed by atoms with Crippen molar-refractivity contribution in [1.82, 2.24) is 29.7 Å². The van der Waals surface area contributed by atoms with E-state index in [0.29, 0.717) is 17.2 Å². The molecular weight excluding hydrogens is 240 g/mol. The summed E-state index contributed by atoms with van der Waals surface area (Å²) in [7, 11) is 0. The minimum Gasteiger partial charge on any atom is -0.449 e. The summed E-state index contributed by atoms with van der Waals surface area (Å²) < 4.78 is 5.79. The number of fused-ring (bicyclic) bond motifs is 1. The van der Waals surface area contributed by atoms with E-state index in [2.05, 4.69) is 29.8 Å². The first-order valence-electron chi connectivity index (χ1n) is 4.85. The molecular formula is C9H6N6O3. The second-order valence-corrected chi connectivity index (χ2v) is 3.28. The van der Waals surface area contributed by atoms with Crippen LogP contribution in [0.5, 0.6) is 5.75 Å². The molecule has 0 aromatic carbocycles. The Hall–Kier alpha value is -2.97. The molecule has 0 amide bonds. The lowest BCUT2D eigenvalue weighted by Gasteiger charge is -1.93. The number of aromatic nitrogens is 6. The standard InChI is InChI=1S/C9H6N6O3/c16-9(17)18-5-3-12-15(4-5)8-13-6-7(14-8)11-2-1-10-6/h1-4H,(H,16,17)(H,10,11,13,14). The Morgan fingerprint density at radius 1 is 1.39 bits per heavy atom. The number of carbonyl (C=O) groups is 1. The van der Waals surface area contributed by atoms with Gasteiger partial charge in [0.15, 0.2) is 17.0 Å². The van der Waals surface area contributed by atoms with Gasteiger partial charge < -0.3 is 14.8 Å². The molecule has 0 saturated heterocycles. The molecule has 3 heterocycles. The fourth-order valence-corrected chi connectivity index (χ4v) is 1.42. The molecule has 90 valence electrons. The van der Waals surface area contributed by atoms with Gasteiger partial charge in [-0.1, -0.05) is 0 Å². The van der Waals surface area contributed by atoms with Gasteiger partial charge in [-0.25, -0.2) is 19.4 Å². The number of hydrogen-bond donors (Lipinski definition) is 2. The summed E-state index contributed by atoms with van der Waals surface area (Å²) in [5.74, 6) is 0.473. The summed E-state index contributed by atoms with van der Waals surface area (Å²) in [5.41, 5.74) is 0.965. The van der Waals surface area contributed by atoms with E-state index in [0.717, 1.165) is 0 Å². The summed E-state index contributed by atoms with van der Waals surface area (Å²) in [5, 5.41) is 12.4. The zero-order valence-electron chi connectivity index (χ0n) is 8.81. The highest BCUT2D eigenvalue weighted by Crippen LogP contribution is 2.13. The molecule has 0 aliphatic carbocycles. The van der Waals surface area contributed by atoms with E-state index in [1.165, 1.54) is 29.5 Å². The van der Waals surface area contributed by atoms with Gasteiger partial charge in [0, 0.05) is 12.4 Å². The van der Waals surface area contributed by atoms with Crippen LogP contribution in [0.2, 0.25) is 0 Å². The van der Waals surface area contributed by atoms with Crippen LogP contribution in [0, 0.1) is 0 Å². The third-order valence-corrected chi connectivity index (χ3v) is 2.10. The van der Waals surface area contributed by atoms with Crippen LogP contribution >= 0.6 is 0 Å². The maximum Gasteiger partial charge on any atom is 0.511 e. The zero-order chi connectivity index (χ0) is 12.5. The van der Waals surface area contributed by atoms with Gasteiger partial charge in [-0.05, 0) is 0 Å². The number of H-pyrrole nitrogens is 1. The van der Waals surface area contributed by atoms with Crippen molar-refractivity contribution in [2.45, 2.75) is 0 Å². The summed E-state index contributed by atoms with van der Waals surface area (Å²) in [6.45, 7) is 0. The number of ether oxygens (including phenoxy) is 1. The van der Waals surface area contributed by atoms with Gasteiger partial charge in [-0.2, -0.15) is 10.1 Å². The van der Waals surface area contributed by atoms with Crippen molar-refractivity contribution < 1.29 is 14.6 Å². The van der Waals surface area contributed by atoms with Crippen LogP contribution in [-0.2, 0) is 0 Å². The van der Waals surface area contributed by atoms with E-state index >= 15 is 0 Å². The number of nitrogens with zero attached hydrogens (tertiary/aromatic N) is 5. The number of carboxylic acid groups (broad SMARTS) is 1. The Kier molecular flexibility index (Phi) is 2.15. The summed E-state index contributed by atoms with van der Waals surface area (Å²) in [4.78, 5) is 25.4. The van der Waals surface area contributed by atoms with Crippen molar-refractivity contribution >= 4 is 17.4 Å². The van der Waals surface area contributed by atoms with Gasteiger partial charge in [0.25, 0.3) is 0 Å².